The minimum absolute atomic E-state index is 0.249. The van der Waals surface area contributed by atoms with E-state index in [1.54, 1.807) is 12.1 Å². The van der Waals surface area contributed by atoms with Crippen molar-refractivity contribution < 1.29 is 9.18 Å². The first-order valence-corrected chi connectivity index (χ1v) is 6.48. The van der Waals surface area contributed by atoms with Crippen LogP contribution in [-0.2, 0) is 11.2 Å². The Morgan fingerprint density at radius 1 is 1.06 bits per heavy atom. The zero-order valence-electron chi connectivity index (χ0n) is 10.5. The highest BCUT2D eigenvalue weighted by atomic mass is 19.1. The summed E-state index contributed by atoms with van der Waals surface area (Å²) in [6.45, 7) is 2.18. The standard InChI is InChI=1S/C15H21FO/c1-2-3-4-5-6-7-15(17)12-13-8-10-14(16)11-9-13/h8-11H,2-7,12H2,1H3. The lowest BCUT2D eigenvalue weighted by Crippen LogP contribution is -2.02. The van der Waals surface area contributed by atoms with E-state index < -0.39 is 0 Å². The molecule has 0 spiro atoms. The molecule has 1 aromatic rings. The van der Waals surface area contributed by atoms with Gasteiger partial charge in [-0.2, -0.15) is 0 Å². The number of hydrogen-bond donors (Lipinski definition) is 0. The van der Waals surface area contributed by atoms with Crippen molar-refractivity contribution in [2.45, 2.75) is 51.9 Å². The number of carbonyl (C=O) groups excluding carboxylic acids is 1. The van der Waals surface area contributed by atoms with Gasteiger partial charge in [-0.15, -0.1) is 0 Å². The summed E-state index contributed by atoms with van der Waals surface area (Å²) in [6.07, 6.45) is 6.92. The lowest BCUT2D eigenvalue weighted by molar-refractivity contribution is -0.118. The molecular formula is C15H21FO. The van der Waals surface area contributed by atoms with E-state index in [-0.39, 0.29) is 11.6 Å². The second-order valence-corrected chi connectivity index (χ2v) is 4.51. The van der Waals surface area contributed by atoms with E-state index in [0.717, 1.165) is 18.4 Å². The minimum atomic E-state index is -0.249. The van der Waals surface area contributed by atoms with Gasteiger partial charge in [-0.1, -0.05) is 44.7 Å². The van der Waals surface area contributed by atoms with Crippen molar-refractivity contribution in [3.63, 3.8) is 0 Å². The molecule has 0 aliphatic rings. The molecule has 94 valence electrons. The van der Waals surface area contributed by atoms with Gasteiger partial charge in [0.1, 0.15) is 11.6 Å². The van der Waals surface area contributed by atoms with Gasteiger partial charge in [0.2, 0.25) is 0 Å². The molecule has 0 radical (unpaired) electrons. The first kappa shape index (κ1) is 13.9. The summed E-state index contributed by atoms with van der Waals surface area (Å²) in [6, 6.07) is 6.18. The molecule has 0 saturated heterocycles. The molecule has 0 fully saturated rings. The molecule has 0 aromatic heterocycles. The predicted molar refractivity (Wildman–Crippen MR) is 68.5 cm³/mol. The van der Waals surface area contributed by atoms with Crippen molar-refractivity contribution in [3.8, 4) is 0 Å². The van der Waals surface area contributed by atoms with Crippen molar-refractivity contribution in [3.05, 3.63) is 35.6 Å². The molecule has 0 bridgehead atoms. The Hall–Kier alpha value is -1.18. The third kappa shape index (κ3) is 6.20. The monoisotopic (exact) mass is 236 g/mol. The maximum Gasteiger partial charge on any atom is 0.137 e. The molecule has 0 aliphatic carbocycles. The van der Waals surface area contributed by atoms with Crippen molar-refractivity contribution in [2.24, 2.45) is 0 Å². The Labute approximate surface area is 103 Å². The van der Waals surface area contributed by atoms with Crippen molar-refractivity contribution in [2.75, 3.05) is 0 Å². The van der Waals surface area contributed by atoms with Gasteiger partial charge in [0.05, 0.1) is 0 Å². The fourth-order valence-electron chi connectivity index (χ4n) is 1.84. The van der Waals surface area contributed by atoms with Crippen LogP contribution in [-0.4, -0.2) is 5.78 Å². The zero-order chi connectivity index (χ0) is 12.5. The van der Waals surface area contributed by atoms with Crippen LogP contribution < -0.4 is 0 Å². The zero-order valence-corrected chi connectivity index (χ0v) is 10.5. The summed E-state index contributed by atoms with van der Waals surface area (Å²) >= 11 is 0. The molecule has 0 saturated carbocycles. The van der Waals surface area contributed by atoms with Gasteiger partial charge < -0.3 is 0 Å². The molecule has 1 nitrogen and oxygen atoms in total. The van der Waals surface area contributed by atoms with E-state index >= 15 is 0 Å². The number of rotatable bonds is 8. The number of unbranched alkanes of at least 4 members (excludes halogenated alkanes) is 4. The van der Waals surface area contributed by atoms with Gasteiger partial charge in [-0.05, 0) is 24.1 Å². The van der Waals surface area contributed by atoms with Crippen LogP contribution in [0.25, 0.3) is 0 Å². The van der Waals surface area contributed by atoms with Crippen LogP contribution in [0.2, 0.25) is 0 Å². The lowest BCUT2D eigenvalue weighted by Gasteiger charge is -2.02. The quantitative estimate of drug-likeness (QED) is 0.615. The smallest absolute Gasteiger partial charge is 0.137 e. The summed E-state index contributed by atoms with van der Waals surface area (Å²) in [4.78, 5) is 11.6. The highest BCUT2D eigenvalue weighted by molar-refractivity contribution is 5.80. The molecule has 0 amide bonds. The number of halogens is 1. The third-order valence-electron chi connectivity index (χ3n) is 2.87. The molecule has 17 heavy (non-hydrogen) atoms. The number of Topliss-reactive ketones (excluding diaryl/α,β-unsaturated/α-hetero) is 1. The molecule has 1 rings (SSSR count). The molecule has 0 aliphatic heterocycles. The normalized spacial score (nSPS) is 10.5. The third-order valence-corrected chi connectivity index (χ3v) is 2.87. The predicted octanol–water partition coefficient (Wildman–Crippen LogP) is 4.30. The minimum Gasteiger partial charge on any atom is -0.299 e. The van der Waals surface area contributed by atoms with Crippen LogP contribution in [0.3, 0.4) is 0 Å². The Morgan fingerprint density at radius 3 is 2.35 bits per heavy atom. The molecule has 0 unspecified atom stereocenters. The maximum absolute atomic E-state index is 12.7. The lowest BCUT2D eigenvalue weighted by atomic mass is 10.0. The average molecular weight is 236 g/mol. The second-order valence-electron chi connectivity index (χ2n) is 4.51. The molecule has 1 aromatic carbocycles. The van der Waals surface area contributed by atoms with Gasteiger partial charge >= 0.3 is 0 Å². The van der Waals surface area contributed by atoms with E-state index in [1.165, 1.54) is 31.4 Å². The number of carbonyl (C=O) groups is 1. The van der Waals surface area contributed by atoms with Gasteiger partial charge in [0.15, 0.2) is 0 Å². The van der Waals surface area contributed by atoms with Crippen molar-refractivity contribution in [1.29, 1.82) is 0 Å². The molecule has 2 heteroatoms. The number of ketones is 1. The molecule has 0 atom stereocenters. The summed E-state index contributed by atoms with van der Waals surface area (Å²) in [5.41, 5.74) is 0.907. The molecular weight excluding hydrogens is 215 g/mol. The number of benzene rings is 1. The average Bonchev–Trinajstić information content (AvgIpc) is 2.32. The fourth-order valence-corrected chi connectivity index (χ4v) is 1.84. The summed E-state index contributed by atoms with van der Waals surface area (Å²) in [5.74, 6) is 0.00821. The van der Waals surface area contributed by atoms with Gasteiger partial charge in [0, 0.05) is 12.8 Å². The summed E-state index contributed by atoms with van der Waals surface area (Å²) in [5, 5.41) is 0. The highest BCUT2D eigenvalue weighted by Gasteiger charge is 2.03. The van der Waals surface area contributed by atoms with E-state index in [1.807, 2.05) is 0 Å². The van der Waals surface area contributed by atoms with Crippen molar-refractivity contribution in [1.82, 2.24) is 0 Å². The van der Waals surface area contributed by atoms with Crippen molar-refractivity contribution >= 4 is 5.78 Å². The molecule has 0 heterocycles. The topological polar surface area (TPSA) is 17.1 Å². The SMILES string of the molecule is CCCCCCCC(=O)Cc1ccc(F)cc1. The first-order chi connectivity index (χ1) is 8.22. The molecule has 0 N–H and O–H groups in total. The van der Waals surface area contributed by atoms with Gasteiger partial charge in [0.25, 0.3) is 0 Å². The van der Waals surface area contributed by atoms with E-state index in [0.29, 0.717) is 12.8 Å². The first-order valence-electron chi connectivity index (χ1n) is 6.48. The van der Waals surface area contributed by atoms with Crippen LogP contribution in [0.15, 0.2) is 24.3 Å². The maximum atomic E-state index is 12.7. The Kier molecular flexibility index (Phi) is 6.53. The van der Waals surface area contributed by atoms with Crippen LogP contribution in [0.1, 0.15) is 51.0 Å². The van der Waals surface area contributed by atoms with Crippen LogP contribution in [0, 0.1) is 5.82 Å². The van der Waals surface area contributed by atoms with E-state index in [4.69, 9.17) is 0 Å². The highest BCUT2D eigenvalue weighted by Crippen LogP contribution is 2.09. The largest absolute Gasteiger partial charge is 0.299 e. The van der Waals surface area contributed by atoms with Gasteiger partial charge in [-0.25, -0.2) is 4.39 Å². The van der Waals surface area contributed by atoms with Crippen LogP contribution >= 0.6 is 0 Å². The summed E-state index contributed by atoms with van der Waals surface area (Å²) < 4.78 is 12.7. The second kappa shape index (κ2) is 7.99. The fraction of sp³-hybridized carbons (Fsp3) is 0.533. The van der Waals surface area contributed by atoms with Crippen LogP contribution in [0.4, 0.5) is 4.39 Å². The van der Waals surface area contributed by atoms with Gasteiger partial charge in [-0.3, -0.25) is 4.79 Å². The Balaban J connectivity index is 2.18. The number of hydrogen-bond acceptors (Lipinski definition) is 1. The Bertz CT molecular complexity index is 329. The van der Waals surface area contributed by atoms with E-state index in [2.05, 4.69) is 6.92 Å². The van der Waals surface area contributed by atoms with E-state index in [9.17, 15) is 9.18 Å². The Morgan fingerprint density at radius 2 is 1.71 bits per heavy atom. The van der Waals surface area contributed by atoms with Crippen LogP contribution in [0.5, 0.6) is 0 Å². The summed E-state index contributed by atoms with van der Waals surface area (Å²) in [7, 11) is 0.